The fraction of sp³-hybridized carbons (Fsp3) is 0.250. The van der Waals surface area contributed by atoms with E-state index in [0.717, 1.165) is 16.7 Å². The lowest BCUT2D eigenvalue weighted by Crippen LogP contribution is -2.05. The molecule has 0 spiro atoms. The first-order valence-electron chi connectivity index (χ1n) is 6.46. The topological polar surface area (TPSA) is 55.5 Å². The van der Waals surface area contributed by atoms with Gasteiger partial charge in [-0.3, -0.25) is 0 Å². The van der Waals surface area contributed by atoms with Crippen LogP contribution in [0.3, 0.4) is 0 Å². The highest BCUT2D eigenvalue weighted by atomic mass is 35.5. The van der Waals surface area contributed by atoms with Crippen molar-refractivity contribution in [3.05, 3.63) is 64.2 Å². The molecule has 2 aromatic carbocycles. The van der Waals surface area contributed by atoms with Crippen LogP contribution in [0.2, 0.25) is 5.02 Å². The molecule has 0 bridgehead atoms. The Kier molecular flexibility index (Phi) is 5.01. The van der Waals surface area contributed by atoms with Crippen LogP contribution in [0, 0.1) is 0 Å². The Morgan fingerprint density at radius 1 is 1.15 bits per heavy atom. The van der Waals surface area contributed by atoms with Gasteiger partial charge in [0.15, 0.2) is 0 Å². The minimum atomic E-state index is -0.0485. The minimum absolute atomic E-state index is 0.0473. The molecule has 0 heterocycles. The van der Waals surface area contributed by atoms with Gasteiger partial charge in [-0.2, -0.15) is 0 Å². The summed E-state index contributed by atoms with van der Waals surface area (Å²) in [5, 5.41) is 9.55. The van der Waals surface area contributed by atoms with Gasteiger partial charge in [0.05, 0.1) is 11.6 Å². The summed E-state index contributed by atoms with van der Waals surface area (Å²) in [4.78, 5) is 0. The lowest BCUT2D eigenvalue weighted by molar-refractivity contribution is 0.281. The molecule has 0 aliphatic carbocycles. The zero-order valence-electron chi connectivity index (χ0n) is 11.3. The van der Waals surface area contributed by atoms with Gasteiger partial charge in [-0.1, -0.05) is 41.9 Å². The number of halogens is 1. The van der Waals surface area contributed by atoms with Crippen molar-refractivity contribution in [3.63, 3.8) is 0 Å². The predicted octanol–water partition coefficient (Wildman–Crippen LogP) is 3.43. The Morgan fingerprint density at radius 2 is 1.80 bits per heavy atom. The van der Waals surface area contributed by atoms with Gasteiger partial charge in [-0.05, 0) is 35.7 Å². The van der Waals surface area contributed by atoms with Crippen molar-refractivity contribution in [2.45, 2.75) is 26.2 Å². The summed E-state index contributed by atoms with van der Waals surface area (Å²) in [6.07, 6.45) is 0. The van der Waals surface area contributed by atoms with Crippen molar-refractivity contribution in [2.24, 2.45) is 5.73 Å². The molecule has 2 aromatic rings. The third kappa shape index (κ3) is 3.73. The largest absolute Gasteiger partial charge is 0.487 e. The van der Waals surface area contributed by atoms with Crippen LogP contribution in [0.5, 0.6) is 5.75 Å². The zero-order valence-corrected chi connectivity index (χ0v) is 12.1. The third-order valence-electron chi connectivity index (χ3n) is 3.08. The summed E-state index contributed by atoms with van der Waals surface area (Å²) in [6, 6.07) is 13.1. The molecule has 3 N–H and O–H groups in total. The van der Waals surface area contributed by atoms with Crippen LogP contribution in [-0.2, 0) is 13.2 Å². The molecule has 2 rings (SSSR count). The van der Waals surface area contributed by atoms with Gasteiger partial charge in [0.1, 0.15) is 12.4 Å². The first-order valence-corrected chi connectivity index (χ1v) is 6.84. The SMILES string of the molecule is CC(N)c1ccc(OCc2ccc(CO)cc2)c(Cl)c1. The summed E-state index contributed by atoms with van der Waals surface area (Å²) in [5.74, 6) is 0.641. The molecule has 0 saturated heterocycles. The highest BCUT2D eigenvalue weighted by Gasteiger charge is 2.06. The van der Waals surface area contributed by atoms with Gasteiger partial charge in [-0.25, -0.2) is 0 Å². The summed E-state index contributed by atoms with van der Waals surface area (Å²) < 4.78 is 5.70. The van der Waals surface area contributed by atoms with E-state index in [-0.39, 0.29) is 12.6 Å². The Balaban J connectivity index is 2.03. The Hall–Kier alpha value is -1.55. The number of aliphatic hydroxyl groups excluding tert-OH is 1. The first-order chi connectivity index (χ1) is 9.60. The van der Waals surface area contributed by atoms with Crippen molar-refractivity contribution >= 4 is 11.6 Å². The summed E-state index contributed by atoms with van der Waals surface area (Å²) in [6.45, 7) is 2.39. The van der Waals surface area contributed by atoms with Crippen molar-refractivity contribution in [2.75, 3.05) is 0 Å². The number of nitrogens with two attached hydrogens (primary N) is 1. The molecule has 0 aromatic heterocycles. The molecule has 0 radical (unpaired) electrons. The number of hydrogen-bond acceptors (Lipinski definition) is 3. The quantitative estimate of drug-likeness (QED) is 0.887. The number of ether oxygens (including phenoxy) is 1. The lowest BCUT2D eigenvalue weighted by Gasteiger charge is -2.11. The average molecular weight is 292 g/mol. The second-order valence-electron chi connectivity index (χ2n) is 4.74. The molecular formula is C16H18ClNO2. The molecule has 106 valence electrons. The fourth-order valence-electron chi connectivity index (χ4n) is 1.82. The van der Waals surface area contributed by atoms with Crippen molar-refractivity contribution in [3.8, 4) is 5.75 Å². The van der Waals surface area contributed by atoms with E-state index in [9.17, 15) is 0 Å². The van der Waals surface area contributed by atoms with Gasteiger partial charge in [0, 0.05) is 6.04 Å². The van der Waals surface area contributed by atoms with Crippen LogP contribution in [-0.4, -0.2) is 5.11 Å². The van der Waals surface area contributed by atoms with Gasteiger partial charge in [0.25, 0.3) is 0 Å². The highest BCUT2D eigenvalue weighted by Crippen LogP contribution is 2.28. The van der Waals surface area contributed by atoms with E-state index in [1.807, 2.05) is 49.4 Å². The number of aliphatic hydroxyl groups is 1. The van der Waals surface area contributed by atoms with Crippen LogP contribution in [0.25, 0.3) is 0 Å². The molecule has 1 unspecified atom stereocenters. The second kappa shape index (κ2) is 6.75. The summed E-state index contributed by atoms with van der Waals surface area (Å²) in [5.41, 5.74) is 8.69. The Morgan fingerprint density at radius 3 is 2.35 bits per heavy atom. The average Bonchev–Trinajstić information content (AvgIpc) is 2.46. The monoisotopic (exact) mass is 291 g/mol. The van der Waals surface area contributed by atoms with Crippen molar-refractivity contribution in [1.82, 2.24) is 0 Å². The zero-order chi connectivity index (χ0) is 14.5. The molecular weight excluding hydrogens is 274 g/mol. The first kappa shape index (κ1) is 14.9. The molecule has 20 heavy (non-hydrogen) atoms. The van der Waals surface area contributed by atoms with Crippen LogP contribution in [0.1, 0.15) is 29.7 Å². The van der Waals surface area contributed by atoms with E-state index in [2.05, 4.69) is 0 Å². The fourth-order valence-corrected chi connectivity index (χ4v) is 2.06. The van der Waals surface area contributed by atoms with Crippen LogP contribution >= 0.6 is 11.6 Å². The normalized spacial score (nSPS) is 12.2. The predicted molar refractivity (Wildman–Crippen MR) is 80.8 cm³/mol. The molecule has 0 amide bonds. The molecule has 0 aliphatic rings. The van der Waals surface area contributed by atoms with E-state index in [0.29, 0.717) is 17.4 Å². The van der Waals surface area contributed by atoms with E-state index in [4.69, 9.17) is 27.2 Å². The van der Waals surface area contributed by atoms with Gasteiger partial charge in [0.2, 0.25) is 0 Å². The van der Waals surface area contributed by atoms with Crippen molar-refractivity contribution < 1.29 is 9.84 Å². The molecule has 1 atom stereocenters. The van der Waals surface area contributed by atoms with Gasteiger partial charge >= 0.3 is 0 Å². The standard InChI is InChI=1S/C16H18ClNO2/c1-11(18)14-6-7-16(15(17)8-14)20-10-13-4-2-12(9-19)3-5-13/h2-8,11,19H,9-10,18H2,1H3. The van der Waals surface area contributed by atoms with Gasteiger partial charge < -0.3 is 15.6 Å². The van der Waals surface area contributed by atoms with Crippen LogP contribution in [0.4, 0.5) is 0 Å². The van der Waals surface area contributed by atoms with E-state index in [1.165, 1.54) is 0 Å². The second-order valence-corrected chi connectivity index (χ2v) is 5.15. The van der Waals surface area contributed by atoms with E-state index in [1.54, 1.807) is 0 Å². The van der Waals surface area contributed by atoms with Crippen LogP contribution in [0.15, 0.2) is 42.5 Å². The molecule has 4 heteroatoms. The molecule has 0 saturated carbocycles. The maximum absolute atomic E-state index is 8.98. The van der Waals surface area contributed by atoms with Gasteiger partial charge in [-0.15, -0.1) is 0 Å². The minimum Gasteiger partial charge on any atom is -0.487 e. The smallest absolute Gasteiger partial charge is 0.138 e. The molecule has 0 fully saturated rings. The van der Waals surface area contributed by atoms with Crippen molar-refractivity contribution in [1.29, 1.82) is 0 Å². The summed E-state index contributed by atoms with van der Waals surface area (Å²) >= 11 is 6.17. The Labute approximate surface area is 123 Å². The van der Waals surface area contributed by atoms with E-state index >= 15 is 0 Å². The highest BCUT2D eigenvalue weighted by molar-refractivity contribution is 6.32. The number of hydrogen-bond donors (Lipinski definition) is 2. The third-order valence-corrected chi connectivity index (χ3v) is 3.38. The lowest BCUT2D eigenvalue weighted by atomic mass is 10.1. The molecule has 0 aliphatic heterocycles. The van der Waals surface area contributed by atoms with Crippen LogP contribution < -0.4 is 10.5 Å². The molecule has 3 nitrogen and oxygen atoms in total. The summed E-state index contributed by atoms with van der Waals surface area (Å²) in [7, 11) is 0. The Bertz CT molecular complexity index is 567. The number of rotatable bonds is 5. The maximum atomic E-state index is 8.98. The maximum Gasteiger partial charge on any atom is 0.138 e. The van der Waals surface area contributed by atoms with E-state index < -0.39 is 0 Å². The number of benzene rings is 2.